The zero-order chi connectivity index (χ0) is 24.1. The second-order valence-corrected chi connectivity index (χ2v) is 9.04. The molecule has 32 heavy (non-hydrogen) atoms. The SMILES string of the molecule is Cc1c(C(=O)NS(=O)(=O)c2ccc(C#N)c(C(F)(F)F)c2)sc2nc(C(F)(F)F)ccc12. The molecule has 0 spiro atoms. The van der Waals surface area contributed by atoms with Crippen molar-refractivity contribution in [2.75, 3.05) is 0 Å². The van der Waals surface area contributed by atoms with Gasteiger partial charge in [0.2, 0.25) is 0 Å². The molecule has 3 rings (SSSR count). The number of thiophene rings is 1. The van der Waals surface area contributed by atoms with Crippen molar-refractivity contribution in [2.45, 2.75) is 24.2 Å². The van der Waals surface area contributed by atoms with E-state index in [0.29, 0.717) is 23.5 Å². The molecule has 1 N–H and O–H groups in total. The van der Waals surface area contributed by atoms with Crippen LogP contribution in [0.5, 0.6) is 0 Å². The van der Waals surface area contributed by atoms with E-state index in [1.807, 2.05) is 0 Å². The first-order valence-electron chi connectivity index (χ1n) is 8.31. The van der Waals surface area contributed by atoms with Crippen molar-refractivity contribution in [1.82, 2.24) is 9.71 Å². The van der Waals surface area contributed by atoms with E-state index in [2.05, 4.69) is 4.98 Å². The monoisotopic (exact) mass is 493 g/mol. The number of carbonyl (C=O) groups is 1. The van der Waals surface area contributed by atoms with Crippen LogP contribution >= 0.6 is 11.3 Å². The number of hydrogen-bond acceptors (Lipinski definition) is 6. The van der Waals surface area contributed by atoms with Gasteiger partial charge in [-0.05, 0) is 42.8 Å². The van der Waals surface area contributed by atoms with Gasteiger partial charge >= 0.3 is 12.4 Å². The Morgan fingerprint density at radius 3 is 2.31 bits per heavy atom. The lowest BCUT2D eigenvalue weighted by Gasteiger charge is -2.11. The molecule has 0 saturated heterocycles. The summed E-state index contributed by atoms with van der Waals surface area (Å²) in [4.78, 5) is 14.6. The number of carbonyl (C=O) groups excluding carboxylic acids is 1. The second-order valence-electron chi connectivity index (χ2n) is 6.35. The van der Waals surface area contributed by atoms with Crippen molar-refractivity contribution in [2.24, 2.45) is 0 Å². The van der Waals surface area contributed by atoms with Crippen molar-refractivity contribution >= 4 is 37.5 Å². The molecule has 2 aromatic heterocycles. The highest BCUT2D eigenvalue weighted by atomic mass is 32.2. The molecular formula is C18H9F6N3O3S2. The van der Waals surface area contributed by atoms with Crippen LogP contribution in [-0.4, -0.2) is 19.3 Å². The first-order chi connectivity index (χ1) is 14.6. The number of nitrogens with zero attached hydrogens (tertiary/aromatic N) is 2. The highest BCUT2D eigenvalue weighted by Gasteiger charge is 2.36. The number of pyridine rings is 1. The molecule has 1 aromatic carbocycles. The number of aromatic nitrogens is 1. The molecule has 3 aromatic rings. The van der Waals surface area contributed by atoms with Gasteiger partial charge in [0.15, 0.2) is 0 Å². The number of sulfonamides is 1. The zero-order valence-corrected chi connectivity index (χ0v) is 17.2. The summed E-state index contributed by atoms with van der Waals surface area (Å²) in [6.07, 6.45) is -9.76. The average molecular weight is 493 g/mol. The zero-order valence-electron chi connectivity index (χ0n) is 15.6. The Bertz CT molecular complexity index is 1390. The van der Waals surface area contributed by atoms with Crippen LogP contribution in [0.15, 0.2) is 35.2 Å². The summed E-state index contributed by atoms with van der Waals surface area (Å²) in [5.41, 5.74) is -3.37. The Hall–Kier alpha value is -3.18. The maximum Gasteiger partial charge on any atom is 0.433 e. The predicted molar refractivity (Wildman–Crippen MR) is 100 cm³/mol. The van der Waals surface area contributed by atoms with Gasteiger partial charge in [0.25, 0.3) is 15.9 Å². The summed E-state index contributed by atoms with van der Waals surface area (Å²) in [6, 6.07) is 4.66. The Balaban J connectivity index is 1.99. The van der Waals surface area contributed by atoms with Crippen LogP contribution in [-0.2, 0) is 22.4 Å². The highest BCUT2D eigenvalue weighted by molar-refractivity contribution is 7.90. The number of halogens is 6. The Morgan fingerprint density at radius 1 is 1.09 bits per heavy atom. The molecule has 168 valence electrons. The number of hydrogen-bond donors (Lipinski definition) is 1. The number of fused-ring (bicyclic) bond motifs is 1. The van der Waals surface area contributed by atoms with Crippen molar-refractivity contribution in [1.29, 1.82) is 5.26 Å². The summed E-state index contributed by atoms with van der Waals surface area (Å²) in [5, 5.41) is 8.98. The molecule has 0 unspecified atom stereocenters. The fourth-order valence-corrected chi connectivity index (χ4v) is 4.85. The minimum Gasteiger partial charge on any atom is -0.267 e. The molecule has 0 aliphatic heterocycles. The maximum absolute atomic E-state index is 13.1. The first-order valence-corrected chi connectivity index (χ1v) is 10.6. The van der Waals surface area contributed by atoms with Gasteiger partial charge in [-0.15, -0.1) is 11.3 Å². The first kappa shape index (κ1) is 23.5. The van der Waals surface area contributed by atoms with Crippen LogP contribution in [0.3, 0.4) is 0 Å². The molecule has 0 bridgehead atoms. The van der Waals surface area contributed by atoms with Crippen LogP contribution in [0.2, 0.25) is 0 Å². The molecule has 0 atom stereocenters. The Morgan fingerprint density at radius 2 is 1.75 bits per heavy atom. The molecular weight excluding hydrogens is 484 g/mol. The standard InChI is InChI=1S/C18H9F6N3O3S2/c1-8-11-4-5-13(18(22,23)24)26-16(11)31-14(8)15(28)27-32(29,30)10-3-2-9(7-25)12(6-10)17(19,20)21/h2-6H,1H3,(H,27,28). The number of benzene rings is 1. The van der Waals surface area contributed by atoms with E-state index in [0.717, 1.165) is 12.1 Å². The van der Waals surface area contributed by atoms with E-state index in [4.69, 9.17) is 5.26 Å². The molecule has 0 aliphatic rings. The number of nitrogens with one attached hydrogen (secondary N) is 1. The van der Waals surface area contributed by atoms with Crippen molar-refractivity contribution in [3.63, 3.8) is 0 Å². The van der Waals surface area contributed by atoms with E-state index < -0.39 is 50.0 Å². The molecule has 6 nitrogen and oxygen atoms in total. The summed E-state index contributed by atoms with van der Waals surface area (Å²) < 4.78 is 104. The van der Waals surface area contributed by atoms with Crippen LogP contribution in [0.25, 0.3) is 10.2 Å². The van der Waals surface area contributed by atoms with Gasteiger partial charge in [-0.25, -0.2) is 18.1 Å². The number of nitriles is 1. The predicted octanol–water partition coefficient (Wildman–Crippen LogP) is 4.63. The third-order valence-electron chi connectivity index (χ3n) is 4.25. The lowest BCUT2D eigenvalue weighted by Crippen LogP contribution is -2.30. The second kappa shape index (κ2) is 7.75. The van der Waals surface area contributed by atoms with E-state index in [1.165, 1.54) is 13.0 Å². The van der Waals surface area contributed by atoms with Crippen LogP contribution in [0.4, 0.5) is 26.3 Å². The van der Waals surface area contributed by atoms with Gasteiger partial charge in [0, 0.05) is 5.39 Å². The van der Waals surface area contributed by atoms with E-state index in [9.17, 15) is 39.6 Å². The number of aryl methyl sites for hydroxylation is 1. The quantitative estimate of drug-likeness (QED) is 0.537. The Labute approximate surface area is 180 Å². The van der Waals surface area contributed by atoms with Gasteiger partial charge in [-0.3, -0.25) is 4.79 Å². The lowest BCUT2D eigenvalue weighted by atomic mass is 10.1. The third kappa shape index (κ3) is 4.39. The van der Waals surface area contributed by atoms with Crippen LogP contribution < -0.4 is 4.72 Å². The summed E-state index contributed by atoms with van der Waals surface area (Å²) in [7, 11) is -4.80. The molecule has 0 fully saturated rings. The molecule has 0 aliphatic carbocycles. The number of amides is 1. The summed E-state index contributed by atoms with van der Waals surface area (Å²) in [6.45, 7) is 1.36. The van der Waals surface area contributed by atoms with E-state index >= 15 is 0 Å². The highest BCUT2D eigenvalue weighted by Crippen LogP contribution is 2.35. The minimum atomic E-state index is -5.02. The molecule has 14 heteroatoms. The fourth-order valence-electron chi connectivity index (χ4n) is 2.72. The minimum absolute atomic E-state index is 0.148. The number of rotatable bonds is 3. The largest absolute Gasteiger partial charge is 0.433 e. The van der Waals surface area contributed by atoms with Crippen LogP contribution in [0, 0.1) is 18.3 Å². The maximum atomic E-state index is 13.1. The lowest BCUT2D eigenvalue weighted by molar-refractivity contribution is -0.141. The molecule has 2 heterocycles. The molecule has 0 saturated carbocycles. The summed E-state index contributed by atoms with van der Waals surface area (Å²) in [5.74, 6) is -1.25. The Kier molecular flexibility index (Phi) is 5.69. The average Bonchev–Trinajstić information content (AvgIpc) is 3.02. The third-order valence-corrected chi connectivity index (χ3v) is 6.78. The van der Waals surface area contributed by atoms with E-state index in [-0.39, 0.29) is 26.7 Å². The van der Waals surface area contributed by atoms with E-state index in [1.54, 1.807) is 4.72 Å². The molecule has 1 amide bonds. The van der Waals surface area contributed by atoms with Gasteiger partial charge in [0.1, 0.15) is 10.5 Å². The topological polar surface area (TPSA) is 99.9 Å². The smallest absolute Gasteiger partial charge is 0.267 e. The van der Waals surface area contributed by atoms with Gasteiger partial charge in [0.05, 0.1) is 27.0 Å². The summed E-state index contributed by atoms with van der Waals surface area (Å²) >= 11 is 0.501. The van der Waals surface area contributed by atoms with Gasteiger partial charge in [-0.1, -0.05) is 0 Å². The fraction of sp³-hybridized carbons (Fsp3) is 0.167. The van der Waals surface area contributed by atoms with Crippen LogP contribution in [0.1, 0.15) is 32.1 Å². The number of alkyl halides is 6. The van der Waals surface area contributed by atoms with Crippen molar-refractivity contribution in [3.05, 3.63) is 57.6 Å². The normalized spacial score (nSPS) is 12.6. The van der Waals surface area contributed by atoms with Gasteiger partial charge < -0.3 is 0 Å². The van der Waals surface area contributed by atoms with Gasteiger partial charge in [-0.2, -0.15) is 31.6 Å². The molecule has 0 radical (unpaired) electrons. The van der Waals surface area contributed by atoms with Crippen molar-refractivity contribution in [3.8, 4) is 6.07 Å². The van der Waals surface area contributed by atoms with Crippen molar-refractivity contribution < 1.29 is 39.6 Å².